The van der Waals surface area contributed by atoms with Crippen molar-refractivity contribution < 1.29 is 9.53 Å². The van der Waals surface area contributed by atoms with Crippen LogP contribution in [0.5, 0.6) is 5.75 Å². The van der Waals surface area contributed by atoms with Gasteiger partial charge in [0.1, 0.15) is 5.75 Å². The number of benzene rings is 2. The molecule has 1 saturated carbocycles. The molecule has 0 saturated heterocycles. The number of aromatic nitrogens is 3. The highest BCUT2D eigenvalue weighted by Crippen LogP contribution is 2.42. The monoisotopic (exact) mass is 468 g/mol. The third-order valence-electron chi connectivity index (χ3n) is 5.36. The van der Waals surface area contributed by atoms with Gasteiger partial charge in [-0.15, -0.1) is 5.10 Å². The Morgan fingerprint density at radius 1 is 1.20 bits per heavy atom. The maximum Gasteiger partial charge on any atom is 0.273 e. The van der Waals surface area contributed by atoms with Crippen LogP contribution in [0.25, 0.3) is 5.69 Å². The van der Waals surface area contributed by atoms with E-state index < -0.39 is 0 Å². The van der Waals surface area contributed by atoms with E-state index in [-0.39, 0.29) is 11.9 Å². The van der Waals surface area contributed by atoms with E-state index in [4.69, 9.17) is 4.74 Å². The van der Waals surface area contributed by atoms with Crippen molar-refractivity contribution in [2.75, 3.05) is 7.11 Å². The second kappa shape index (κ2) is 9.00. The zero-order valence-electron chi connectivity index (χ0n) is 17.1. The van der Waals surface area contributed by atoms with Crippen LogP contribution in [0.4, 0.5) is 0 Å². The first-order valence-electron chi connectivity index (χ1n) is 10.2. The van der Waals surface area contributed by atoms with Crippen molar-refractivity contribution in [3.05, 3.63) is 70.0 Å². The van der Waals surface area contributed by atoms with Crippen LogP contribution in [0, 0.1) is 0 Å². The summed E-state index contributed by atoms with van der Waals surface area (Å²) in [7, 11) is 1.66. The van der Waals surface area contributed by atoms with Crippen molar-refractivity contribution in [2.24, 2.45) is 0 Å². The molecule has 1 fully saturated rings. The summed E-state index contributed by atoms with van der Waals surface area (Å²) in [4.78, 5) is 13.0. The van der Waals surface area contributed by atoms with Crippen molar-refractivity contribution in [3.8, 4) is 11.4 Å². The van der Waals surface area contributed by atoms with Crippen LogP contribution < -0.4 is 10.1 Å². The molecule has 3 aromatic rings. The number of methoxy groups -OCH3 is 1. The lowest BCUT2D eigenvalue weighted by Gasteiger charge is -2.14. The molecule has 1 amide bonds. The van der Waals surface area contributed by atoms with Crippen molar-refractivity contribution in [2.45, 2.75) is 44.6 Å². The Bertz CT molecular complexity index is 1010. The van der Waals surface area contributed by atoms with Crippen LogP contribution in [-0.4, -0.2) is 34.1 Å². The summed E-state index contributed by atoms with van der Waals surface area (Å²) >= 11 is 3.46. The summed E-state index contributed by atoms with van der Waals surface area (Å²) in [6.45, 7) is 2.03. The van der Waals surface area contributed by atoms with Gasteiger partial charge in [-0.25, -0.2) is 4.68 Å². The van der Waals surface area contributed by atoms with Crippen molar-refractivity contribution in [1.82, 2.24) is 20.3 Å². The topological polar surface area (TPSA) is 69.0 Å². The summed E-state index contributed by atoms with van der Waals surface area (Å²) < 4.78 is 8.01. The normalized spacial score (nSPS) is 14.4. The fraction of sp³-hybridized carbons (Fsp3) is 0.348. The Morgan fingerprint density at radius 3 is 2.53 bits per heavy atom. The molecule has 6 nitrogen and oxygen atoms in total. The first kappa shape index (κ1) is 20.6. The molecule has 0 spiro atoms. The van der Waals surface area contributed by atoms with Gasteiger partial charge in [0.05, 0.1) is 18.5 Å². The molecule has 1 aromatic heterocycles. The van der Waals surface area contributed by atoms with E-state index in [1.807, 2.05) is 43.3 Å². The van der Waals surface area contributed by atoms with E-state index >= 15 is 0 Å². The highest BCUT2D eigenvalue weighted by Gasteiger charge is 2.34. The van der Waals surface area contributed by atoms with Crippen LogP contribution >= 0.6 is 15.9 Å². The molecule has 0 radical (unpaired) electrons. The van der Waals surface area contributed by atoms with E-state index in [1.165, 1.54) is 5.56 Å². The molecule has 156 valence electrons. The van der Waals surface area contributed by atoms with Gasteiger partial charge in [0, 0.05) is 16.4 Å². The average molecular weight is 469 g/mol. The number of nitrogens with zero attached hydrogens (tertiary/aromatic N) is 3. The molecule has 4 rings (SSSR count). The van der Waals surface area contributed by atoms with Gasteiger partial charge in [-0.3, -0.25) is 4.79 Å². The van der Waals surface area contributed by atoms with Gasteiger partial charge in [-0.05, 0) is 74.6 Å². The van der Waals surface area contributed by atoms with E-state index in [2.05, 4.69) is 43.7 Å². The Hall–Kier alpha value is -2.67. The summed E-state index contributed by atoms with van der Waals surface area (Å²) in [6.07, 6.45) is 3.86. The standard InChI is InChI=1S/C23H25BrN4O2/c1-15(3-4-16-5-13-20(30-2)14-6-16)25-23(29)21-22(17-7-8-17)28(27-26-21)19-11-9-18(24)10-12-19/h5-6,9-15,17H,3-4,7-8H2,1-2H3,(H,25,29)/t15-/m0/s1. The van der Waals surface area contributed by atoms with E-state index in [0.29, 0.717) is 11.6 Å². The second-order valence-electron chi connectivity index (χ2n) is 7.75. The molecule has 2 aromatic carbocycles. The number of hydrogen-bond acceptors (Lipinski definition) is 4. The first-order valence-corrected chi connectivity index (χ1v) is 11.0. The van der Waals surface area contributed by atoms with E-state index in [9.17, 15) is 4.79 Å². The van der Waals surface area contributed by atoms with Gasteiger partial charge >= 0.3 is 0 Å². The zero-order chi connectivity index (χ0) is 21.1. The third-order valence-corrected chi connectivity index (χ3v) is 5.89. The molecule has 30 heavy (non-hydrogen) atoms. The predicted molar refractivity (Wildman–Crippen MR) is 119 cm³/mol. The van der Waals surface area contributed by atoms with Gasteiger partial charge < -0.3 is 10.1 Å². The molecule has 0 unspecified atom stereocenters. The molecular formula is C23H25BrN4O2. The second-order valence-corrected chi connectivity index (χ2v) is 8.66. The Labute approximate surface area is 184 Å². The lowest BCUT2D eigenvalue weighted by molar-refractivity contribution is 0.0932. The van der Waals surface area contributed by atoms with Crippen molar-refractivity contribution in [1.29, 1.82) is 0 Å². The summed E-state index contributed by atoms with van der Waals surface area (Å²) in [5, 5.41) is 11.6. The maximum atomic E-state index is 13.0. The number of rotatable bonds is 8. The number of amides is 1. The average Bonchev–Trinajstić information content (AvgIpc) is 3.51. The lowest BCUT2D eigenvalue weighted by atomic mass is 10.1. The first-order chi connectivity index (χ1) is 14.5. The highest BCUT2D eigenvalue weighted by molar-refractivity contribution is 9.10. The Morgan fingerprint density at radius 2 is 1.90 bits per heavy atom. The molecule has 1 atom stereocenters. The maximum absolute atomic E-state index is 13.0. The number of aryl methyl sites for hydroxylation is 1. The number of nitrogens with one attached hydrogen (secondary N) is 1. The van der Waals surface area contributed by atoms with E-state index in [1.54, 1.807) is 11.8 Å². The number of ether oxygens (including phenoxy) is 1. The molecule has 0 aliphatic heterocycles. The minimum Gasteiger partial charge on any atom is -0.497 e. The zero-order valence-corrected chi connectivity index (χ0v) is 18.7. The number of carbonyl (C=O) groups is 1. The smallest absolute Gasteiger partial charge is 0.273 e. The van der Waals surface area contributed by atoms with Gasteiger partial charge in [0.25, 0.3) is 5.91 Å². The summed E-state index contributed by atoms with van der Waals surface area (Å²) in [6, 6.07) is 16.0. The minimum atomic E-state index is -0.150. The molecule has 7 heteroatoms. The number of hydrogen-bond donors (Lipinski definition) is 1. The van der Waals surface area contributed by atoms with Gasteiger partial charge in [0.2, 0.25) is 0 Å². The Balaban J connectivity index is 1.43. The number of halogens is 1. The van der Waals surface area contributed by atoms with Gasteiger partial charge in [0.15, 0.2) is 5.69 Å². The molecule has 1 N–H and O–H groups in total. The lowest BCUT2D eigenvalue weighted by Crippen LogP contribution is -2.33. The molecule has 1 heterocycles. The van der Waals surface area contributed by atoms with Crippen LogP contribution in [0.15, 0.2) is 53.0 Å². The van der Waals surface area contributed by atoms with Crippen LogP contribution in [0.1, 0.15) is 53.8 Å². The Kier molecular flexibility index (Phi) is 6.18. The quantitative estimate of drug-likeness (QED) is 0.521. The SMILES string of the molecule is COc1ccc(CC[C@H](C)NC(=O)c2nnn(-c3ccc(Br)cc3)c2C2CC2)cc1. The van der Waals surface area contributed by atoms with Crippen molar-refractivity contribution in [3.63, 3.8) is 0 Å². The fourth-order valence-electron chi connectivity index (χ4n) is 3.49. The molecule has 1 aliphatic rings. The number of carbonyl (C=O) groups excluding carboxylic acids is 1. The predicted octanol–water partition coefficient (Wildman–Crippen LogP) is 4.67. The largest absolute Gasteiger partial charge is 0.497 e. The minimum absolute atomic E-state index is 0.0319. The van der Waals surface area contributed by atoms with Gasteiger partial charge in [-0.1, -0.05) is 33.3 Å². The summed E-state index contributed by atoms with van der Waals surface area (Å²) in [5.41, 5.74) is 3.49. The molecule has 0 bridgehead atoms. The molecule has 1 aliphatic carbocycles. The fourth-order valence-corrected chi connectivity index (χ4v) is 3.75. The van der Waals surface area contributed by atoms with E-state index in [0.717, 1.165) is 47.3 Å². The molecular weight excluding hydrogens is 444 g/mol. The van der Waals surface area contributed by atoms with Crippen molar-refractivity contribution >= 4 is 21.8 Å². The van der Waals surface area contributed by atoms with Crippen LogP contribution in [0.2, 0.25) is 0 Å². The van der Waals surface area contributed by atoms with Gasteiger partial charge in [-0.2, -0.15) is 0 Å². The third kappa shape index (κ3) is 4.73. The summed E-state index contributed by atoms with van der Waals surface area (Å²) in [5.74, 6) is 1.04. The van der Waals surface area contributed by atoms with Crippen LogP contribution in [0.3, 0.4) is 0 Å². The van der Waals surface area contributed by atoms with Crippen LogP contribution in [-0.2, 0) is 6.42 Å². The highest BCUT2D eigenvalue weighted by atomic mass is 79.9.